The minimum absolute atomic E-state index is 0.198. The summed E-state index contributed by atoms with van der Waals surface area (Å²) in [5.74, 6) is 0.602. The molecule has 0 aromatic heterocycles. The summed E-state index contributed by atoms with van der Waals surface area (Å²) in [4.78, 5) is 0. The third-order valence-electron chi connectivity index (χ3n) is 2.44. The molecule has 14 heavy (non-hydrogen) atoms. The van der Waals surface area contributed by atoms with Crippen LogP contribution in [0.3, 0.4) is 0 Å². The summed E-state index contributed by atoms with van der Waals surface area (Å²) in [6.45, 7) is 4.50. The molecule has 1 aromatic rings. The smallest absolute Gasteiger partial charge is 0.0404 e. The van der Waals surface area contributed by atoms with Crippen molar-refractivity contribution in [2.24, 2.45) is 0 Å². The first-order valence-corrected chi connectivity index (χ1v) is 5.47. The standard InChI is InChI=1S/C13H17Cl/c1-13(2,10-6-7-11-14)12-8-4-3-5-9-12/h3-9H,10-11H2,1-2H3. The molecule has 1 rings (SSSR count). The maximum atomic E-state index is 5.59. The first-order chi connectivity index (χ1) is 6.67. The van der Waals surface area contributed by atoms with Crippen molar-refractivity contribution < 1.29 is 0 Å². The highest BCUT2D eigenvalue weighted by molar-refractivity contribution is 6.18. The minimum Gasteiger partial charge on any atom is -0.122 e. The van der Waals surface area contributed by atoms with E-state index in [1.807, 2.05) is 12.1 Å². The van der Waals surface area contributed by atoms with Gasteiger partial charge in [0.15, 0.2) is 0 Å². The Morgan fingerprint density at radius 3 is 2.36 bits per heavy atom. The fourth-order valence-electron chi connectivity index (χ4n) is 1.45. The molecule has 0 heterocycles. The van der Waals surface area contributed by atoms with Crippen LogP contribution in [-0.2, 0) is 5.41 Å². The summed E-state index contributed by atoms with van der Waals surface area (Å²) in [5, 5.41) is 0. The molecule has 0 aliphatic carbocycles. The predicted octanol–water partition coefficient (Wildman–Crippen LogP) is 4.15. The van der Waals surface area contributed by atoms with E-state index in [-0.39, 0.29) is 5.41 Å². The van der Waals surface area contributed by atoms with Crippen LogP contribution in [-0.4, -0.2) is 5.88 Å². The number of benzene rings is 1. The van der Waals surface area contributed by atoms with Gasteiger partial charge in [0.05, 0.1) is 0 Å². The zero-order chi connectivity index (χ0) is 10.4. The van der Waals surface area contributed by atoms with E-state index in [2.05, 4.69) is 44.2 Å². The summed E-state index contributed by atoms with van der Waals surface area (Å²) in [5.41, 5.74) is 1.57. The molecule has 0 N–H and O–H groups in total. The Kier molecular flexibility index (Phi) is 4.21. The third-order valence-corrected chi connectivity index (χ3v) is 2.62. The largest absolute Gasteiger partial charge is 0.122 e. The van der Waals surface area contributed by atoms with Crippen LogP contribution in [0.15, 0.2) is 42.5 Å². The molecule has 1 heteroatoms. The van der Waals surface area contributed by atoms with Crippen molar-refractivity contribution in [2.75, 3.05) is 5.88 Å². The Morgan fingerprint density at radius 1 is 1.14 bits per heavy atom. The van der Waals surface area contributed by atoms with E-state index in [1.165, 1.54) is 5.56 Å². The van der Waals surface area contributed by atoms with Gasteiger partial charge in [0.1, 0.15) is 0 Å². The topological polar surface area (TPSA) is 0 Å². The Morgan fingerprint density at radius 2 is 1.79 bits per heavy atom. The minimum atomic E-state index is 0.198. The average Bonchev–Trinajstić information content (AvgIpc) is 2.19. The lowest BCUT2D eigenvalue weighted by atomic mass is 9.81. The number of allylic oxidation sites excluding steroid dienone is 2. The number of alkyl halides is 1. The van der Waals surface area contributed by atoms with Crippen LogP contribution >= 0.6 is 11.6 Å². The lowest BCUT2D eigenvalue weighted by Gasteiger charge is -2.23. The first kappa shape index (κ1) is 11.3. The molecule has 0 nitrogen and oxygen atoms in total. The van der Waals surface area contributed by atoms with E-state index in [0.29, 0.717) is 5.88 Å². The average molecular weight is 209 g/mol. The Bertz CT molecular complexity index is 285. The Balaban J connectivity index is 2.70. The van der Waals surface area contributed by atoms with E-state index in [0.717, 1.165) is 6.42 Å². The lowest BCUT2D eigenvalue weighted by Crippen LogP contribution is -2.15. The highest BCUT2D eigenvalue weighted by Gasteiger charge is 2.17. The summed E-state index contributed by atoms with van der Waals surface area (Å²) in [7, 11) is 0. The molecular formula is C13H17Cl. The van der Waals surface area contributed by atoms with Crippen LogP contribution in [0.25, 0.3) is 0 Å². The van der Waals surface area contributed by atoms with Crippen LogP contribution in [0, 0.1) is 0 Å². The van der Waals surface area contributed by atoms with Gasteiger partial charge in [-0.25, -0.2) is 0 Å². The molecule has 0 radical (unpaired) electrons. The molecule has 0 saturated carbocycles. The van der Waals surface area contributed by atoms with Crippen molar-refractivity contribution in [1.29, 1.82) is 0 Å². The van der Waals surface area contributed by atoms with Crippen molar-refractivity contribution in [3.8, 4) is 0 Å². The van der Waals surface area contributed by atoms with Crippen molar-refractivity contribution in [2.45, 2.75) is 25.7 Å². The number of rotatable bonds is 4. The van der Waals surface area contributed by atoms with Crippen LogP contribution in [0.1, 0.15) is 25.8 Å². The molecule has 0 amide bonds. The highest BCUT2D eigenvalue weighted by atomic mass is 35.5. The van der Waals surface area contributed by atoms with Gasteiger partial charge in [0, 0.05) is 5.88 Å². The zero-order valence-corrected chi connectivity index (χ0v) is 9.59. The quantitative estimate of drug-likeness (QED) is 0.515. The molecule has 0 aliphatic heterocycles. The van der Waals surface area contributed by atoms with Gasteiger partial charge in [-0.3, -0.25) is 0 Å². The van der Waals surface area contributed by atoms with Gasteiger partial charge in [0.25, 0.3) is 0 Å². The number of halogens is 1. The van der Waals surface area contributed by atoms with E-state index in [4.69, 9.17) is 11.6 Å². The van der Waals surface area contributed by atoms with Gasteiger partial charge in [-0.05, 0) is 17.4 Å². The molecule has 0 atom stereocenters. The third kappa shape index (κ3) is 3.19. The number of hydrogen-bond donors (Lipinski definition) is 0. The molecule has 0 saturated heterocycles. The second kappa shape index (κ2) is 5.21. The molecule has 0 bridgehead atoms. The van der Waals surface area contributed by atoms with Gasteiger partial charge < -0.3 is 0 Å². The van der Waals surface area contributed by atoms with Crippen molar-refractivity contribution in [1.82, 2.24) is 0 Å². The Labute approximate surface area is 91.6 Å². The van der Waals surface area contributed by atoms with Gasteiger partial charge >= 0.3 is 0 Å². The maximum Gasteiger partial charge on any atom is 0.0404 e. The summed E-state index contributed by atoms with van der Waals surface area (Å²) < 4.78 is 0. The van der Waals surface area contributed by atoms with Crippen molar-refractivity contribution >= 4 is 11.6 Å². The summed E-state index contributed by atoms with van der Waals surface area (Å²) in [6, 6.07) is 10.6. The fourth-order valence-corrected chi connectivity index (χ4v) is 1.57. The van der Waals surface area contributed by atoms with Crippen LogP contribution in [0.5, 0.6) is 0 Å². The molecular weight excluding hydrogens is 192 g/mol. The van der Waals surface area contributed by atoms with Crippen LogP contribution in [0.2, 0.25) is 0 Å². The van der Waals surface area contributed by atoms with E-state index >= 15 is 0 Å². The first-order valence-electron chi connectivity index (χ1n) is 4.93. The van der Waals surface area contributed by atoms with Crippen LogP contribution < -0.4 is 0 Å². The monoisotopic (exact) mass is 208 g/mol. The van der Waals surface area contributed by atoms with E-state index < -0.39 is 0 Å². The van der Waals surface area contributed by atoms with Crippen molar-refractivity contribution in [3.63, 3.8) is 0 Å². The maximum absolute atomic E-state index is 5.59. The van der Waals surface area contributed by atoms with Crippen molar-refractivity contribution in [3.05, 3.63) is 48.0 Å². The fraction of sp³-hybridized carbons (Fsp3) is 0.385. The highest BCUT2D eigenvalue weighted by Crippen LogP contribution is 2.26. The number of hydrogen-bond acceptors (Lipinski definition) is 0. The second-order valence-corrected chi connectivity index (χ2v) is 4.39. The summed E-state index contributed by atoms with van der Waals surface area (Å²) >= 11 is 5.59. The summed E-state index contributed by atoms with van der Waals surface area (Å²) in [6.07, 6.45) is 5.19. The molecule has 0 unspecified atom stereocenters. The van der Waals surface area contributed by atoms with Gasteiger partial charge in [-0.15, -0.1) is 11.6 Å². The molecule has 0 spiro atoms. The zero-order valence-electron chi connectivity index (χ0n) is 8.83. The van der Waals surface area contributed by atoms with E-state index in [1.54, 1.807) is 0 Å². The van der Waals surface area contributed by atoms with E-state index in [9.17, 15) is 0 Å². The second-order valence-electron chi connectivity index (χ2n) is 4.08. The lowest BCUT2D eigenvalue weighted by molar-refractivity contribution is 0.534. The van der Waals surface area contributed by atoms with Gasteiger partial charge in [-0.1, -0.05) is 56.3 Å². The predicted molar refractivity (Wildman–Crippen MR) is 63.9 cm³/mol. The Hall–Kier alpha value is -0.750. The molecule has 0 fully saturated rings. The SMILES string of the molecule is CC(C)(CC=CCCl)c1ccccc1. The van der Waals surface area contributed by atoms with Crippen LogP contribution in [0.4, 0.5) is 0 Å². The molecule has 1 aromatic carbocycles. The normalized spacial score (nSPS) is 12.2. The molecule has 0 aliphatic rings. The van der Waals surface area contributed by atoms with Gasteiger partial charge in [-0.2, -0.15) is 0 Å². The van der Waals surface area contributed by atoms with Gasteiger partial charge in [0.2, 0.25) is 0 Å². The molecule has 76 valence electrons.